The number of halogens is 2. The number of nitrogens with zero attached hydrogens (tertiary/aromatic N) is 2. The summed E-state index contributed by atoms with van der Waals surface area (Å²) >= 11 is 5.85. The summed E-state index contributed by atoms with van der Waals surface area (Å²) < 4.78 is 12.8. The van der Waals surface area contributed by atoms with Gasteiger partial charge in [-0.2, -0.15) is 5.10 Å². The first kappa shape index (κ1) is 10.1. The van der Waals surface area contributed by atoms with Gasteiger partial charge in [0.25, 0.3) is 0 Å². The van der Waals surface area contributed by atoms with Crippen molar-refractivity contribution < 1.29 is 9.18 Å². The molecule has 0 unspecified atom stereocenters. The van der Waals surface area contributed by atoms with Gasteiger partial charge in [0.15, 0.2) is 0 Å². The van der Waals surface area contributed by atoms with Crippen LogP contribution < -0.4 is 0 Å². The number of amides is 1. The molecular weight excluding hydrogens is 219 g/mol. The average molecular weight is 227 g/mol. The third-order valence-corrected chi connectivity index (χ3v) is 2.51. The van der Waals surface area contributed by atoms with Gasteiger partial charge in [0.1, 0.15) is 5.82 Å². The summed E-state index contributed by atoms with van der Waals surface area (Å²) in [5.41, 5.74) is 1.18. The predicted octanol–water partition coefficient (Wildman–Crippen LogP) is 2.05. The first-order valence-corrected chi connectivity index (χ1v) is 4.75. The Morgan fingerprint density at radius 1 is 1.53 bits per heavy atom. The van der Waals surface area contributed by atoms with Crippen molar-refractivity contribution in [3.8, 4) is 0 Å². The lowest BCUT2D eigenvalue weighted by atomic mass is 10.1. The smallest absolute Gasteiger partial charge is 0.248 e. The van der Waals surface area contributed by atoms with Crippen molar-refractivity contribution in [1.29, 1.82) is 0 Å². The summed E-state index contributed by atoms with van der Waals surface area (Å²) in [5, 5.41) is 5.56. The summed E-state index contributed by atoms with van der Waals surface area (Å²) in [6.07, 6.45) is 0.210. The number of carbonyl (C=O) groups is 1. The van der Waals surface area contributed by atoms with E-state index in [1.807, 2.05) is 0 Å². The zero-order valence-electron chi connectivity index (χ0n) is 8.00. The average Bonchev–Trinajstić information content (AvgIpc) is 2.46. The molecule has 1 aliphatic heterocycles. The van der Waals surface area contributed by atoms with Crippen molar-refractivity contribution in [2.45, 2.75) is 6.42 Å². The van der Waals surface area contributed by atoms with E-state index >= 15 is 0 Å². The maximum atomic E-state index is 12.8. The SMILES string of the molecule is CN1N=C(c2ccc(F)cc2Cl)CC1=O. The van der Waals surface area contributed by atoms with E-state index in [9.17, 15) is 9.18 Å². The molecule has 5 heteroatoms. The summed E-state index contributed by atoms with van der Waals surface area (Å²) in [6.45, 7) is 0. The van der Waals surface area contributed by atoms with E-state index in [1.54, 1.807) is 7.05 Å². The van der Waals surface area contributed by atoms with Gasteiger partial charge in [0.2, 0.25) is 5.91 Å². The number of carbonyl (C=O) groups excluding carboxylic acids is 1. The van der Waals surface area contributed by atoms with E-state index in [0.29, 0.717) is 11.3 Å². The molecular formula is C10H8ClFN2O. The van der Waals surface area contributed by atoms with Gasteiger partial charge in [-0.1, -0.05) is 11.6 Å². The number of hydrogen-bond donors (Lipinski definition) is 0. The minimum atomic E-state index is -0.401. The zero-order chi connectivity index (χ0) is 11.0. The third-order valence-electron chi connectivity index (χ3n) is 2.19. The van der Waals surface area contributed by atoms with E-state index in [1.165, 1.54) is 23.2 Å². The van der Waals surface area contributed by atoms with Gasteiger partial charge in [0.05, 0.1) is 17.2 Å². The molecule has 0 spiro atoms. The molecule has 1 amide bonds. The summed E-state index contributed by atoms with van der Waals surface area (Å²) in [7, 11) is 1.58. The molecule has 0 aliphatic carbocycles. The van der Waals surface area contributed by atoms with Crippen molar-refractivity contribution in [1.82, 2.24) is 5.01 Å². The number of rotatable bonds is 1. The van der Waals surface area contributed by atoms with Crippen LogP contribution in [0, 0.1) is 5.82 Å². The summed E-state index contributed by atoms with van der Waals surface area (Å²) in [5.74, 6) is -0.493. The lowest BCUT2D eigenvalue weighted by molar-refractivity contribution is -0.127. The van der Waals surface area contributed by atoms with Crippen LogP contribution in [0.2, 0.25) is 5.02 Å². The molecule has 15 heavy (non-hydrogen) atoms. The first-order chi connectivity index (χ1) is 7.08. The van der Waals surface area contributed by atoms with Crippen LogP contribution in [0.4, 0.5) is 4.39 Å². The highest BCUT2D eigenvalue weighted by molar-refractivity contribution is 6.35. The molecule has 1 aromatic rings. The highest BCUT2D eigenvalue weighted by atomic mass is 35.5. The first-order valence-electron chi connectivity index (χ1n) is 4.37. The van der Waals surface area contributed by atoms with E-state index in [2.05, 4.69) is 5.10 Å². The van der Waals surface area contributed by atoms with Gasteiger partial charge in [-0.25, -0.2) is 9.40 Å². The normalized spacial score (nSPS) is 15.8. The van der Waals surface area contributed by atoms with Gasteiger partial charge in [-0.15, -0.1) is 0 Å². The third kappa shape index (κ3) is 1.85. The second-order valence-corrected chi connectivity index (χ2v) is 3.67. The van der Waals surface area contributed by atoms with Crippen LogP contribution >= 0.6 is 11.6 Å². The number of hydrazone groups is 1. The molecule has 3 nitrogen and oxygen atoms in total. The van der Waals surface area contributed by atoms with Crippen molar-refractivity contribution in [3.05, 3.63) is 34.6 Å². The minimum absolute atomic E-state index is 0.0922. The van der Waals surface area contributed by atoms with Crippen LogP contribution in [0.25, 0.3) is 0 Å². The highest BCUT2D eigenvalue weighted by Crippen LogP contribution is 2.22. The second kappa shape index (κ2) is 3.62. The Kier molecular flexibility index (Phi) is 2.44. The van der Waals surface area contributed by atoms with Gasteiger partial charge < -0.3 is 0 Å². The Hall–Kier alpha value is -1.42. The van der Waals surface area contributed by atoms with Gasteiger partial charge >= 0.3 is 0 Å². The molecule has 0 saturated carbocycles. The molecule has 0 saturated heterocycles. The molecule has 0 N–H and O–H groups in total. The maximum Gasteiger partial charge on any atom is 0.248 e. The van der Waals surface area contributed by atoms with Crippen LogP contribution in [-0.4, -0.2) is 23.7 Å². The van der Waals surface area contributed by atoms with E-state index < -0.39 is 5.82 Å². The molecule has 0 fully saturated rings. The zero-order valence-corrected chi connectivity index (χ0v) is 8.75. The molecule has 1 aliphatic rings. The van der Waals surface area contributed by atoms with E-state index in [-0.39, 0.29) is 17.4 Å². The fourth-order valence-electron chi connectivity index (χ4n) is 1.40. The van der Waals surface area contributed by atoms with Crippen molar-refractivity contribution >= 4 is 23.2 Å². The molecule has 78 valence electrons. The molecule has 2 rings (SSSR count). The van der Waals surface area contributed by atoms with Gasteiger partial charge in [0, 0.05) is 12.6 Å². The molecule has 1 aromatic carbocycles. The minimum Gasteiger partial charge on any atom is -0.273 e. The van der Waals surface area contributed by atoms with Crippen molar-refractivity contribution in [2.24, 2.45) is 5.10 Å². The second-order valence-electron chi connectivity index (χ2n) is 3.26. The van der Waals surface area contributed by atoms with Crippen LogP contribution in [-0.2, 0) is 4.79 Å². The monoisotopic (exact) mass is 226 g/mol. The Bertz CT molecular complexity index is 459. The largest absolute Gasteiger partial charge is 0.273 e. The summed E-state index contributed by atoms with van der Waals surface area (Å²) in [4.78, 5) is 11.2. The number of benzene rings is 1. The number of hydrogen-bond acceptors (Lipinski definition) is 2. The standard InChI is InChI=1S/C10H8ClFN2O/c1-14-10(15)5-9(13-14)7-3-2-6(12)4-8(7)11/h2-4H,5H2,1H3. The van der Waals surface area contributed by atoms with Crippen molar-refractivity contribution in [3.63, 3.8) is 0 Å². The van der Waals surface area contributed by atoms with E-state index in [0.717, 1.165) is 0 Å². The van der Waals surface area contributed by atoms with Crippen LogP contribution in [0.5, 0.6) is 0 Å². The van der Waals surface area contributed by atoms with Gasteiger partial charge in [-0.05, 0) is 18.2 Å². The molecule has 1 heterocycles. The summed E-state index contributed by atoms with van der Waals surface area (Å²) in [6, 6.07) is 4.04. The lowest BCUT2D eigenvalue weighted by Crippen LogP contribution is -2.14. The Morgan fingerprint density at radius 2 is 2.27 bits per heavy atom. The molecule has 0 aromatic heterocycles. The van der Waals surface area contributed by atoms with Crippen molar-refractivity contribution in [2.75, 3.05) is 7.05 Å². The predicted molar refractivity (Wildman–Crippen MR) is 55.3 cm³/mol. The molecule has 0 atom stereocenters. The van der Waals surface area contributed by atoms with Crippen LogP contribution in [0.1, 0.15) is 12.0 Å². The Balaban J connectivity index is 2.39. The van der Waals surface area contributed by atoms with Gasteiger partial charge in [-0.3, -0.25) is 4.79 Å². The fraction of sp³-hybridized carbons (Fsp3) is 0.200. The molecule has 0 bridgehead atoms. The topological polar surface area (TPSA) is 32.7 Å². The Morgan fingerprint density at radius 3 is 2.80 bits per heavy atom. The molecule has 0 radical (unpaired) electrons. The Labute approximate surface area is 91.1 Å². The van der Waals surface area contributed by atoms with E-state index in [4.69, 9.17) is 11.6 Å². The lowest BCUT2D eigenvalue weighted by Gasteiger charge is -2.01. The van der Waals surface area contributed by atoms with Crippen LogP contribution in [0.3, 0.4) is 0 Å². The quantitative estimate of drug-likeness (QED) is 0.721. The highest BCUT2D eigenvalue weighted by Gasteiger charge is 2.22. The fourth-order valence-corrected chi connectivity index (χ4v) is 1.68. The maximum absolute atomic E-state index is 12.8. The van der Waals surface area contributed by atoms with Crippen LogP contribution in [0.15, 0.2) is 23.3 Å².